The number of pyridine rings is 1. The van der Waals surface area contributed by atoms with Crippen LogP contribution in [-0.2, 0) is 19.6 Å². The number of fused-ring (bicyclic) bond motifs is 3. The summed E-state index contributed by atoms with van der Waals surface area (Å²) >= 11 is 0. The second-order valence-corrected chi connectivity index (χ2v) is 7.02. The lowest BCUT2D eigenvalue weighted by atomic mass is 9.94. The maximum Gasteiger partial charge on any atom is 0.272 e. The third kappa shape index (κ3) is 4.01. The first kappa shape index (κ1) is 19.2. The highest BCUT2D eigenvalue weighted by molar-refractivity contribution is 5.71. The van der Waals surface area contributed by atoms with Gasteiger partial charge in [-0.15, -0.1) is 0 Å². The lowest BCUT2D eigenvalue weighted by Crippen LogP contribution is -2.27. The first-order chi connectivity index (χ1) is 14.0. The lowest BCUT2D eigenvalue weighted by Gasteiger charge is -2.25. The zero-order valence-corrected chi connectivity index (χ0v) is 16.0. The normalized spacial score (nSPS) is 12.4. The van der Waals surface area contributed by atoms with Gasteiger partial charge >= 0.3 is 0 Å². The van der Waals surface area contributed by atoms with E-state index in [2.05, 4.69) is 0 Å². The molecule has 4 rings (SSSR count). The molecular weight excluding hydrogens is 376 g/mol. The molecule has 0 N–H and O–H groups in total. The summed E-state index contributed by atoms with van der Waals surface area (Å²) in [4.78, 5) is 12.7. The van der Waals surface area contributed by atoms with Crippen LogP contribution in [0, 0.1) is 6.92 Å². The fraction of sp³-hybridized carbons (Fsp3) is 0.261. The van der Waals surface area contributed by atoms with E-state index in [4.69, 9.17) is 9.47 Å². The van der Waals surface area contributed by atoms with E-state index in [1.165, 1.54) is 6.07 Å². The molecule has 1 aliphatic rings. The molecule has 0 amide bonds. The third-order valence-corrected chi connectivity index (χ3v) is 5.07. The molecule has 0 spiro atoms. The van der Waals surface area contributed by atoms with Crippen molar-refractivity contribution in [1.82, 2.24) is 4.57 Å². The minimum atomic E-state index is -2.52. The van der Waals surface area contributed by atoms with Gasteiger partial charge in [0.1, 0.15) is 24.7 Å². The molecule has 0 fully saturated rings. The standard InChI is InChI=1S/C23H21F2NO3/c1-15-20(29-13-16-5-3-2-4-6-16)12-22(27)26-10-9-17-11-18(28-14-21(24)25)7-8-19(17)23(15)26/h2-8,11-12,21H,9-10,13-14H2,1H3. The van der Waals surface area contributed by atoms with Gasteiger partial charge in [0.05, 0.1) is 5.69 Å². The molecule has 6 heteroatoms. The second kappa shape index (κ2) is 8.07. The van der Waals surface area contributed by atoms with Gasteiger partial charge in [0.2, 0.25) is 0 Å². The monoisotopic (exact) mass is 397 g/mol. The maximum atomic E-state index is 12.7. The van der Waals surface area contributed by atoms with Crippen LogP contribution in [0.2, 0.25) is 0 Å². The van der Waals surface area contributed by atoms with Crippen LogP contribution < -0.4 is 15.0 Å². The highest BCUT2D eigenvalue weighted by atomic mass is 19.3. The molecular formula is C23H21F2NO3. The van der Waals surface area contributed by atoms with Crippen LogP contribution in [0.3, 0.4) is 0 Å². The number of halogens is 2. The topological polar surface area (TPSA) is 40.5 Å². The van der Waals surface area contributed by atoms with E-state index in [-0.39, 0.29) is 5.56 Å². The summed E-state index contributed by atoms with van der Waals surface area (Å²) in [5.74, 6) is 0.963. The van der Waals surface area contributed by atoms with Crippen LogP contribution in [0.15, 0.2) is 59.4 Å². The lowest BCUT2D eigenvalue weighted by molar-refractivity contribution is 0.0818. The summed E-state index contributed by atoms with van der Waals surface area (Å²) in [6, 6.07) is 16.6. The Morgan fingerprint density at radius 3 is 2.62 bits per heavy atom. The Bertz CT molecular complexity index is 1080. The van der Waals surface area contributed by atoms with E-state index in [1.807, 2.05) is 43.3 Å². The smallest absolute Gasteiger partial charge is 0.272 e. The van der Waals surface area contributed by atoms with E-state index in [0.29, 0.717) is 31.1 Å². The van der Waals surface area contributed by atoms with Gasteiger partial charge in [-0.25, -0.2) is 8.78 Å². The van der Waals surface area contributed by atoms with Crippen LogP contribution in [0.4, 0.5) is 8.78 Å². The fourth-order valence-electron chi connectivity index (χ4n) is 3.67. The molecule has 150 valence electrons. The van der Waals surface area contributed by atoms with E-state index in [1.54, 1.807) is 16.7 Å². The van der Waals surface area contributed by atoms with Crippen LogP contribution in [0.25, 0.3) is 11.3 Å². The van der Waals surface area contributed by atoms with Crippen molar-refractivity contribution in [3.63, 3.8) is 0 Å². The zero-order valence-electron chi connectivity index (χ0n) is 16.0. The maximum absolute atomic E-state index is 12.7. The number of hydrogen-bond donors (Lipinski definition) is 0. The Balaban J connectivity index is 1.67. The molecule has 0 unspecified atom stereocenters. The Morgan fingerprint density at radius 2 is 1.86 bits per heavy atom. The summed E-state index contributed by atoms with van der Waals surface area (Å²) in [5.41, 5.74) is 4.47. The Morgan fingerprint density at radius 1 is 1.07 bits per heavy atom. The Hall–Kier alpha value is -3.15. The number of rotatable bonds is 6. The van der Waals surface area contributed by atoms with Crippen molar-refractivity contribution in [2.24, 2.45) is 0 Å². The quantitative estimate of drug-likeness (QED) is 0.610. The Kier molecular flexibility index (Phi) is 5.34. The molecule has 1 aromatic heterocycles. The molecule has 1 aliphatic heterocycles. The van der Waals surface area contributed by atoms with Gasteiger partial charge in [0.15, 0.2) is 0 Å². The fourth-order valence-corrected chi connectivity index (χ4v) is 3.67. The number of aromatic nitrogens is 1. The number of ether oxygens (including phenoxy) is 2. The molecule has 0 radical (unpaired) electrons. The van der Waals surface area contributed by atoms with Gasteiger partial charge in [0.25, 0.3) is 12.0 Å². The molecule has 0 saturated heterocycles. The van der Waals surface area contributed by atoms with Gasteiger partial charge < -0.3 is 14.0 Å². The highest BCUT2D eigenvalue weighted by Crippen LogP contribution is 2.36. The molecule has 2 aromatic carbocycles. The first-order valence-corrected chi connectivity index (χ1v) is 9.48. The average molecular weight is 397 g/mol. The zero-order chi connectivity index (χ0) is 20.4. The third-order valence-electron chi connectivity index (χ3n) is 5.07. The van der Waals surface area contributed by atoms with E-state index in [0.717, 1.165) is 27.9 Å². The average Bonchev–Trinajstić information content (AvgIpc) is 2.73. The summed E-state index contributed by atoms with van der Waals surface area (Å²) in [7, 11) is 0. The summed E-state index contributed by atoms with van der Waals surface area (Å²) in [6.07, 6.45) is -1.88. The molecule has 29 heavy (non-hydrogen) atoms. The first-order valence-electron chi connectivity index (χ1n) is 9.48. The number of aryl methyl sites for hydroxylation is 1. The van der Waals surface area contributed by atoms with Crippen molar-refractivity contribution in [2.75, 3.05) is 6.61 Å². The van der Waals surface area contributed by atoms with Crippen molar-refractivity contribution >= 4 is 0 Å². The summed E-state index contributed by atoms with van der Waals surface area (Å²) in [6.45, 7) is 2.20. The highest BCUT2D eigenvalue weighted by Gasteiger charge is 2.22. The SMILES string of the molecule is Cc1c(OCc2ccccc2)cc(=O)n2c1-c1ccc(OCC(F)F)cc1CC2. The van der Waals surface area contributed by atoms with E-state index >= 15 is 0 Å². The summed E-state index contributed by atoms with van der Waals surface area (Å²) in [5, 5.41) is 0. The minimum Gasteiger partial charge on any atom is -0.488 e. The molecule has 0 bridgehead atoms. The predicted molar refractivity (Wildman–Crippen MR) is 107 cm³/mol. The van der Waals surface area contributed by atoms with Crippen LogP contribution in [0.5, 0.6) is 11.5 Å². The van der Waals surface area contributed by atoms with Crippen molar-refractivity contribution < 1.29 is 18.3 Å². The molecule has 0 saturated carbocycles. The van der Waals surface area contributed by atoms with Crippen molar-refractivity contribution in [1.29, 1.82) is 0 Å². The van der Waals surface area contributed by atoms with E-state index in [9.17, 15) is 13.6 Å². The molecule has 3 aromatic rings. The number of benzene rings is 2. The number of alkyl halides is 2. The number of nitrogens with zero attached hydrogens (tertiary/aromatic N) is 1. The summed E-state index contributed by atoms with van der Waals surface area (Å²) < 4.78 is 37.7. The van der Waals surface area contributed by atoms with Crippen molar-refractivity contribution in [2.45, 2.75) is 32.9 Å². The molecule has 0 aliphatic carbocycles. The van der Waals surface area contributed by atoms with Gasteiger partial charge in [-0.05, 0) is 42.7 Å². The molecule has 0 atom stereocenters. The van der Waals surface area contributed by atoms with Gasteiger partial charge in [-0.3, -0.25) is 4.79 Å². The van der Waals surface area contributed by atoms with Gasteiger partial charge in [-0.1, -0.05) is 30.3 Å². The largest absolute Gasteiger partial charge is 0.488 e. The van der Waals surface area contributed by atoms with Gasteiger partial charge in [0, 0.05) is 23.7 Å². The van der Waals surface area contributed by atoms with Crippen molar-refractivity contribution in [3.05, 3.63) is 81.6 Å². The van der Waals surface area contributed by atoms with Crippen molar-refractivity contribution in [3.8, 4) is 22.8 Å². The van der Waals surface area contributed by atoms with Crippen LogP contribution >= 0.6 is 0 Å². The predicted octanol–water partition coefficient (Wildman–Crippen LogP) is 4.60. The van der Waals surface area contributed by atoms with Crippen LogP contribution in [0.1, 0.15) is 16.7 Å². The van der Waals surface area contributed by atoms with Crippen LogP contribution in [-0.4, -0.2) is 17.6 Å². The molecule has 2 heterocycles. The van der Waals surface area contributed by atoms with Gasteiger partial charge in [-0.2, -0.15) is 0 Å². The second-order valence-electron chi connectivity index (χ2n) is 7.02. The Labute approximate surface area is 167 Å². The number of hydrogen-bond acceptors (Lipinski definition) is 3. The minimum absolute atomic E-state index is 0.114. The van der Waals surface area contributed by atoms with E-state index < -0.39 is 13.0 Å². The molecule has 4 nitrogen and oxygen atoms in total.